The van der Waals surface area contributed by atoms with Gasteiger partial charge in [-0.2, -0.15) is 4.98 Å². The predicted molar refractivity (Wildman–Crippen MR) is 128 cm³/mol. The summed E-state index contributed by atoms with van der Waals surface area (Å²) in [6.45, 7) is 2.09. The van der Waals surface area contributed by atoms with Gasteiger partial charge in [0.2, 0.25) is 5.95 Å². The third-order valence-electron chi connectivity index (χ3n) is 6.79. The number of benzene rings is 2. The lowest BCUT2D eigenvalue weighted by Crippen LogP contribution is -2.39. The SMILES string of the molecule is C[C@@H](Nc1nccc(N(C(=O)c2ccc3c(c2)CCC3)C2CCCC2)n1)c1ccccc1. The van der Waals surface area contributed by atoms with Gasteiger partial charge in [-0.25, -0.2) is 4.98 Å². The van der Waals surface area contributed by atoms with Crippen LogP contribution in [0.1, 0.15) is 72.1 Å². The summed E-state index contributed by atoms with van der Waals surface area (Å²) in [6, 6.07) is 18.6. The molecule has 1 atom stereocenters. The summed E-state index contributed by atoms with van der Waals surface area (Å²) in [5, 5.41) is 3.40. The van der Waals surface area contributed by atoms with Crippen molar-refractivity contribution in [3.8, 4) is 0 Å². The summed E-state index contributed by atoms with van der Waals surface area (Å²) in [5.74, 6) is 1.27. The van der Waals surface area contributed by atoms with E-state index in [2.05, 4.69) is 41.5 Å². The van der Waals surface area contributed by atoms with Gasteiger partial charge in [-0.05, 0) is 73.9 Å². The van der Waals surface area contributed by atoms with Gasteiger partial charge in [0, 0.05) is 17.8 Å². The minimum Gasteiger partial charge on any atom is -0.348 e. The molecule has 1 fully saturated rings. The molecule has 2 aliphatic rings. The van der Waals surface area contributed by atoms with E-state index >= 15 is 0 Å². The number of anilines is 2. The van der Waals surface area contributed by atoms with Gasteiger partial charge in [0.25, 0.3) is 5.91 Å². The third kappa shape index (κ3) is 4.24. The van der Waals surface area contributed by atoms with Gasteiger partial charge >= 0.3 is 0 Å². The van der Waals surface area contributed by atoms with Crippen LogP contribution >= 0.6 is 0 Å². The van der Waals surface area contributed by atoms with Crippen LogP contribution in [0.3, 0.4) is 0 Å². The normalized spacial score (nSPS) is 16.5. The Morgan fingerprint density at radius 3 is 2.59 bits per heavy atom. The number of fused-ring (bicyclic) bond motifs is 1. The van der Waals surface area contributed by atoms with Gasteiger partial charge in [-0.1, -0.05) is 49.2 Å². The van der Waals surface area contributed by atoms with E-state index in [1.54, 1.807) is 6.20 Å². The monoisotopic (exact) mass is 426 g/mol. The van der Waals surface area contributed by atoms with Crippen LogP contribution in [0.4, 0.5) is 11.8 Å². The number of amides is 1. The number of carbonyl (C=O) groups excluding carboxylic acids is 1. The molecular weight excluding hydrogens is 396 g/mol. The molecule has 0 unspecified atom stereocenters. The van der Waals surface area contributed by atoms with Crippen molar-refractivity contribution in [3.63, 3.8) is 0 Å². The molecule has 2 aliphatic carbocycles. The van der Waals surface area contributed by atoms with Gasteiger partial charge in [-0.15, -0.1) is 0 Å². The van der Waals surface area contributed by atoms with Gasteiger partial charge < -0.3 is 5.32 Å². The lowest BCUT2D eigenvalue weighted by molar-refractivity contribution is 0.0976. The topological polar surface area (TPSA) is 58.1 Å². The Kier molecular flexibility index (Phi) is 5.89. The smallest absolute Gasteiger partial charge is 0.259 e. The van der Waals surface area contributed by atoms with E-state index in [0.29, 0.717) is 11.8 Å². The molecule has 32 heavy (non-hydrogen) atoms. The van der Waals surface area contributed by atoms with Crippen LogP contribution in [0.2, 0.25) is 0 Å². The highest BCUT2D eigenvalue weighted by atomic mass is 16.2. The average Bonchev–Trinajstić information content (AvgIpc) is 3.52. The van der Waals surface area contributed by atoms with Crippen LogP contribution < -0.4 is 10.2 Å². The van der Waals surface area contributed by atoms with Crippen molar-refractivity contribution in [1.29, 1.82) is 0 Å². The minimum absolute atomic E-state index is 0.0485. The average molecular weight is 427 g/mol. The van der Waals surface area contributed by atoms with E-state index in [1.165, 1.54) is 23.1 Å². The molecular formula is C27H30N4O. The molecule has 1 N–H and O–H groups in total. The number of nitrogens with one attached hydrogen (secondary N) is 1. The molecule has 0 spiro atoms. The number of hydrogen-bond donors (Lipinski definition) is 1. The van der Waals surface area contributed by atoms with E-state index in [4.69, 9.17) is 4.98 Å². The van der Waals surface area contributed by atoms with Gasteiger partial charge in [0.05, 0.1) is 6.04 Å². The molecule has 5 nitrogen and oxygen atoms in total. The number of aromatic nitrogens is 2. The van der Waals surface area contributed by atoms with Gasteiger partial charge in [0.15, 0.2) is 0 Å². The molecule has 1 amide bonds. The van der Waals surface area contributed by atoms with Crippen LogP contribution in [-0.2, 0) is 12.8 Å². The highest BCUT2D eigenvalue weighted by Gasteiger charge is 2.30. The summed E-state index contributed by atoms with van der Waals surface area (Å²) >= 11 is 0. The van der Waals surface area contributed by atoms with Crippen molar-refractivity contribution in [1.82, 2.24) is 9.97 Å². The van der Waals surface area contributed by atoms with Crippen LogP contribution in [0.15, 0.2) is 60.8 Å². The Bertz CT molecular complexity index is 1090. The number of aryl methyl sites for hydroxylation is 2. The summed E-state index contributed by atoms with van der Waals surface area (Å²) < 4.78 is 0. The summed E-state index contributed by atoms with van der Waals surface area (Å²) in [5.41, 5.74) is 4.65. The molecule has 0 radical (unpaired) electrons. The molecule has 2 aromatic carbocycles. The first-order chi connectivity index (χ1) is 15.7. The van der Waals surface area contributed by atoms with Crippen molar-refractivity contribution in [3.05, 3.63) is 83.0 Å². The lowest BCUT2D eigenvalue weighted by Gasteiger charge is -2.28. The minimum atomic E-state index is 0.0485. The van der Waals surface area contributed by atoms with E-state index in [-0.39, 0.29) is 18.0 Å². The maximum absolute atomic E-state index is 13.7. The van der Waals surface area contributed by atoms with E-state index in [9.17, 15) is 4.79 Å². The van der Waals surface area contributed by atoms with E-state index < -0.39 is 0 Å². The molecule has 1 aromatic heterocycles. The Hall–Kier alpha value is -3.21. The number of hydrogen-bond acceptors (Lipinski definition) is 4. The van der Waals surface area contributed by atoms with Crippen molar-refractivity contribution >= 4 is 17.7 Å². The Labute approximate surface area is 189 Å². The van der Waals surface area contributed by atoms with Gasteiger partial charge in [0.1, 0.15) is 5.82 Å². The third-order valence-corrected chi connectivity index (χ3v) is 6.79. The number of nitrogens with zero attached hydrogens (tertiary/aromatic N) is 3. The van der Waals surface area contributed by atoms with E-state index in [0.717, 1.165) is 44.1 Å². The Morgan fingerprint density at radius 1 is 1.00 bits per heavy atom. The summed E-state index contributed by atoms with van der Waals surface area (Å²) in [4.78, 5) is 24.9. The van der Waals surface area contributed by atoms with Crippen molar-refractivity contribution in [2.45, 2.75) is 64.0 Å². The highest BCUT2D eigenvalue weighted by molar-refractivity contribution is 6.06. The molecule has 0 bridgehead atoms. The molecule has 0 aliphatic heterocycles. The second-order valence-corrected chi connectivity index (χ2v) is 8.97. The Morgan fingerprint density at radius 2 is 1.78 bits per heavy atom. The van der Waals surface area contributed by atoms with Crippen LogP contribution in [0.25, 0.3) is 0 Å². The second kappa shape index (κ2) is 9.11. The molecule has 0 saturated heterocycles. The van der Waals surface area contributed by atoms with Crippen LogP contribution in [-0.4, -0.2) is 21.9 Å². The second-order valence-electron chi connectivity index (χ2n) is 8.97. The fraction of sp³-hybridized carbons (Fsp3) is 0.370. The first-order valence-electron chi connectivity index (χ1n) is 11.8. The maximum atomic E-state index is 13.7. The number of rotatable bonds is 6. The van der Waals surface area contributed by atoms with Crippen molar-refractivity contribution in [2.24, 2.45) is 0 Å². The zero-order valence-corrected chi connectivity index (χ0v) is 18.6. The molecule has 1 saturated carbocycles. The Balaban J connectivity index is 1.43. The summed E-state index contributed by atoms with van der Waals surface area (Å²) in [7, 11) is 0. The van der Waals surface area contributed by atoms with Gasteiger partial charge in [-0.3, -0.25) is 9.69 Å². The fourth-order valence-corrected chi connectivity index (χ4v) is 5.03. The molecule has 164 valence electrons. The first kappa shape index (κ1) is 20.7. The van der Waals surface area contributed by atoms with Crippen LogP contribution in [0.5, 0.6) is 0 Å². The quantitative estimate of drug-likeness (QED) is 0.547. The molecule has 3 aromatic rings. The van der Waals surface area contributed by atoms with Crippen molar-refractivity contribution < 1.29 is 4.79 Å². The highest BCUT2D eigenvalue weighted by Crippen LogP contribution is 2.31. The molecule has 5 heteroatoms. The predicted octanol–water partition coefficient (Wildman–Crippen LogP) is 5.73. The number of carbonyl (C=O) groups is 1. The lowest BCUT2D eigenvalue weighted by atomic mass is 10.0. The maximum Gasteiger partial charge on any atom is 0.259 e. The molecule has 1 heterocycles. The summed E-state index contributed by atoms with van der Waals surface area (Å²) in [6.07, 6.45) is 9.46. The first-order valence-corrected chi connectivity index (χ1v) is 11.8. The van der Waals surface area contributed by atoms with Crippen LogP contribution in [0, 0.1) is 0 Å². The largest absolute Gasteiger partial charge is 0.348 e. The van der Waals surface area contributed by atoms with Crippen molar-refractivity contribution in [2.75, 3.05) is 10.2 Å². The fourth-order valence-electron chi connectivity index (χ4n) is 5.03. The zero-order chi connectivity index (χ0) is 21.9. The zero-order valence-electron chi connectivity index (χ0n) is 18.6. The standard InChI is InChI=1S/C27H30N4O/c1-19(20-8-3-2-4-9-20)29-27-28-17-16-25(30-27)31(24-12-5-6-13-24)26(32)23-15-14-21-10-7-11-22(21)18-23/h2-4,8-9,14-19,24H,5-7,10-13H2,1H3,(H,28,29,30)/t19-/m1/s1. The molecule has 5 rings (SSSR count). The van der Waals surface area contributed by atoms with E-state index in [1.807, 2.05) is 35.2 Å².